The van der Waals surface area contributed by atoms with Crippen LogP contribution in [0.5, 0.6) is 0 Å². The summed E-state index contributed by atoms with van der Waals surface area (Å²) in [4.78, 5) is 4.18. The molecule has 1 aromatic rings. The topological polar surface area (TPSA) is 12.9 Å². The van der Waals surface area contributed by atoms with E-state index in [1.165, 1.54) is 0 Å². The van der Waals surface area contributed by atoms with Gasteiger partial charge < -0.3 is 0 Å². The van der Waals surface area contributed by atoms with Crippen LogP contribution in [-0.4, -0.2) is 4.98 Å². The molecular weight excluding hydrogens is 206 g/mol. The quantitative estimate of drug-likeness (QED) is 0.628. The normalized spacial score (nSPS) is 7.00. The molecule has 0 bridgehead atoms. The van der Waals surface area contributed by atoms with Gasteiger partial charge in [-0.25, -0.2) is 0 Å². The first-order valence-corrected chi connectivity index (χ1v) is 6.49. The van der Waals surface area contributed by atoms with Crippen LogP contribution in [0.15, 0.2) is 31.5 Å². The van der Waals surface area contributed by atoms with E-state index in [9.17, 15) is 0 Å². The van der Waals surface area contributed by atoms with Gasteiger partial charge in [-0.05, 0) is 24.1 Å². The van der Waals surface area contributed by atoms with Crippen LogP contribution in [0.2, 0.25) is 0 Å². The van der Waals surface area contributed by atoms with E-state index >= 15 is 0 Å². The summed E-state index contributed by atoms with van der Waals surface area (Å²) in [6, 6.07) is 3.87. The molecule has 0 saturated carbocycles. The van der Waals surface area contributed by atoms with E-state index in [1.807, 2.05) is 60.6 Å². The summed E-state index contributed by atoms with van der Waals surface area (Å²) in [5.41, 5.74) is 2.95. The van der Waals surface area contributed by atoms with Gasteiger partial charge in [0.25, 0.3) is 0 Å². The highest BCUT2D eigenvalue weighted by Crippen LogP contribution is 2.14. The lowest BCUT2D eigenvalue weighted by atomic mass is 10.1. The van der Waals surface area contributed by atoms with Gasteiger partial charge in [0.15, 0.2) is 0 Å². The summed E-state index contributed by atoms with van der Waals surface area (Å²) < 4.78 is 0. The van der Waals surface area contributed by atoms with Crippen LogP contribution in [-0.2, 0) is 0 Å². The Balaban J connectivity index is -0.000000285. The van der Waals surface area contributed by atoms with Gasteiger partial charge in [0.2, 0.25) is 0 Å². The molecule has 0 fully saturated rings. The Kier molecular flexibility index (Phi) is 21.0. The molecule has 0 amide bonds. The smallest absolute Gasteiger partial charge is 0.0724 e. The van der Waals surface area contributed by atoms with E-state index in [4.69, 9.17) is 0 Å². The van der Waals surface area contributed by atoms with Crippen LogP contribution < -0.4 is 0 Å². The van der Waals surface area contributed by atoms with Gasteiger partial charge in [0, 0.05) is 6.20 Å². The largest absolute Gasteiger partial charge is 0.256 e. The zero-order chi connectivity index (χ0) is 14.3. The SMILES string of the molecule is C=Cc1cccnc1C(=C)C.CC.CC.CC. The number of hydrogen-bond donors (Lipinski definition) is 0. The maximum atomic E-state index is 4.18. The summed E-state index contributed by atoms with van der Waals surface area (Å²) in [5, 5.41) is 0. The molecule has 0 spiro atoms. The number of hydrogen-bond acceptors (Lipinski definition) is 1. The Morgan fingerprint density at radius 3 is 1.88 bits per heavy atom. The van der Waals surface area contributed by atoms with Gasteiger partial charge in [-0.1, -0.05) is 66.8 Å². The highest BCUT2D eigenvalue weighted by molar-refractivity contribution is 5.68. The number of rotatable bonds is 2. The molecule has 1 heterocycles. The molecular formula is C16H29N. The van der Waals surface area contributed by atoms with Crippen molar-refractivity contribution in [2.45, 2.75) is 48.5 Å². The molecule has 1 rings (SSSR count). The first-order chi connectivity index (χ1) is 8.25. The van der Waals surface area contributed by atoms with E-state index < -0.39 is 0 Å². The van der Waals surface area contributed by atoms with Crippen LogP contribution in [0.4, 0.5) is 0 Å². The number of pyridine rings is 1. The summed E-state index contributed by atoms with van der Waals surface area (Å²) in [6.45, 7) is 21.5. The molecule has 0 radical (unpaired) electrons. The molecule has 98 valence electrons. The van der Waals surface area contributed by atoms with E-state index in [1.54, 1.807) is 12.3 Å². The van der Waals surface area contributed by atoms with Crippen LogP contribution in [0.3, 0.4) is 0 Å². The van der Waals surface area contributed by atoms with Crippen LogP contribution >= 0.6 is 0 Å². The molecule has 0 N–H and O–H groups in total. The Labute approximate surface area is 108 Å². The third-order valence-electron chi connectivity index (χ3n) is 1.46. The van der Waals surface area contributed by atoms with Crippen molar-refractivity contribution in [1.82, 2.24) is 4.98 Å². The van der Waals surface area contributed by atoms with Gasteiger partial charge >= 0.3 is 0 Å². The molecule has 17 heavy (non-hydrogen) atoms. The van der Waals surface area contributed by atoms with E-state index in [0.717, 1.165) is 16.8 Å². The first-order valence-electron chi connectivity index (χ1n) is 6.49. The lowest BCUT2D eigenvalue weighted by Gasteiger charge is -2.01. The second-order valence-electron chi connectivity index (χ2n) is 2.43. The van der Waals surface area contributed by atoms with Gasteiger partial charge in [0.05, 0.1) is 5.69 Å². The Hall–Kier alpha value is -1.37. The molecule has 0 atom stereocenters. The van der Waals surface area contributed by atoms with Gasteiger partial charge in [-0.2, -0.15) is 0 Å². The number of allylic oxidation sites excluding steroid dienone is 1. The maximum absolute atomic E-state index is 4.18. The average Bonchev–Trinajstić information content (AvgIpc) is 2.45. The molecule has 0 saturated heterocycles. The van der Waals surface area contributed by atoms with Crippen LogP contribution in [0.25, 0.3) is 11.6 Å². The van der Waals surface area contributed by atoms with Gasteiger partial charge in [0.1, 0.15) is 0 Å². The van der Waals surface area contributed by atoms with Crippen molar-refractivity contribution in [1.29, 1.82) is 0 Å². The zero-order valence-corrected chi connectivity index (χ0v) is 12.7. The standard InChI is InChI=1S/C10H11N.3C2H6/c1-4-9-6-5-7-11-10(9)8(2)3;3*1-2/h4-7H,1-2H2,3H3;3*1-2H3. The minimum atomic E-state index is 0.933. The van der Waals surface area contributed by atoms with Crippen LogP contribution in [0.1, 0.15) is 59.7 Å². The predicted octanol–water partition coefficient (Wildman–Crippen LogP) is 5.84. The zero-order valence-electron chi connectivity index (χ0n) is 12.7. The molecule has 0 aliphatic rings. The minimum Gasteiger partial charge on any atom is -0.256 e. The third kappa shape index (κ3) is 9.55. The highest BCUT2D eigenvalue weighted by atomic mass is 14.7. The van der Waals surface area contributed by atoms with Crippen molar-refractivity contribution in [3.8, 4) is 0 Å². The number of nitrogens with zero attached hydrogens (tertiary/aromatic N) is 1. The first kappa shape index (κ1) is 21.0. The molecule has 1 heteroatoms. The summed E-state index contributed by atoms with van der Waals surface area (Å²) >= 11 is 0. The third-order valence-corrected chi connectivity index (χ3v) is 1.46. The summed E-state index contributed by atoms with van der Waals surface area (Å²) in [5.74, 6) is 0. The van der Waals surface area contributed by atoms with E-state index in [2.05, 4.69) is 18.1 Å². The molecule has 1 aromatic heterocycles. The van der Waals surface area contributed by atoms with E-state index in [0.29, 0.717) is 0 Å². The molecule has 0 aromatic carbocycles. The fraction of sp³-hybridized carbons (Fsp3) is 0.438. The van der Waals surface area contributed by atoms with Crippen molar-refractivity contribution in [2.24, 2.45) is 0 Å². The fourth-order valence-corrected chi connectivity index (χ4v) is 0.939. The predicted molar refractivity (Wildman–Crippen MR) is 83.1 cm³/mol. The Morgan fingerprint density at radius 1 is 1.12 bits per heavy atom. The fourth-order valence-electron chi connectivity index (χ4n) is 0.939. The average molecular weight is 235 g/mol. The van der Waals surface area contributed by atoms with Gasteiger partial charge in [-0.3, -0.25) is 4.98 Å². The number of aromatic nitrogens is 1. The molecule has 1 nitrogen and oxygen atoms in total. The van der Waals surface area contributed by atoms with Crippen molar-refractivity contribution < 1.29 is 0 Å². The maximum Gasteiger partial charge on any atom is 0.0724 e. The second-order valence-corrected chi connectivity index (χ2v) is 2.43. The van der Waals surface area contributed by atoms with Crippen LogP contribution in [0, 0.1) is 0 Å². The van der Waals surface area contributed by atoms with Gasteiger partial charge in [-0.15, -0.1) is 0 Å². The minimum absolute atomic E-state index is 0.933. The summed E-state index contributed by atoms with van der Waals surface area (Å²) in [7, 11) is 0. The highest BCUT2D eigenvalue weighted by Gasteiger charge is 1.98. The van der Waals surface area contributed by atoms with Crippen molar-refractivity contribution in [3.05, 3.63) is 42.7 Å². The molecule has 0 aliphatic heterocycles. The second kappa shape index (κ2) is 17.0. The molecule has 0 aliphatic carbocycles. The monoisotopic (exact) mass is 235 g/mol. The van der Waals surface area contributed by atoms with Crippen molar-refractivity contribution >= 4 is 11.6 Å². The molecule has 0 unspecified atom stereocenters. The van der Waals surface area contributed by atoms with Crippen molar-refractivity contribution in [2.75, 3.05) is 0 Å². The Bertz CT molecular complexity index is 287. The van der Waals surface area contributed by atoms with Crippen molar-refractivity contribution in [3.63, 3.8) is 0 Å². The lowest BCUT2D eigenvalue weighted by Crippen LogP contribution is -1.87. The Morgan fingerprint density at radius 2 is 1.59 bits per heavy atom. The summed E-state index contributed by atoms with van der Waals surface area (Å²) in [6.07, 6.45) is 3.55. The van der Waals surface area contributed by atoms with E-state index in [-0.39, 0.29) is 0 Å². The lowest BCUT2D eigenvalue weighted by molar-refractivity contribution is 1.26.